The molecule has 0 saturated heterocycles. The Morgan fingerprint density at radius 3 is 2.30 bits per heavy atom. The number of nitrogens with zero attached hydrogens (tertiary/aromatic N) is 4. The van der Waals surface area contributed by atoms with Crippen LogP contribution in [0.5, 0.6) is 0 Å². The third-order valence-electron chi connectivity index (χ3n) is 8.55. The molecule has 4 heterocycles. The van der Waals surface area contributed by atoms with Crippen LogP contribution < -0.4 is 21.3 Å². The van der Waals surface area contributed by atoms with Crippen LogP contribution in [0.15, 0.2) is 58.6 Å². The van der Waals surface area contributed by atoms with Gasteiger partial charge in [-0.3, -0.25) is 28.8 Å². The van der Waals surface area contributed by atoms with Crippen LogP contribution >= 0.6 is 34.0 Å². The minimum absolute atomic E-state index is 0.0193. The molecule has 3 aromatic heterocycles. The molecule has 280 valence electrons. The van der Waals surface area contributed by atoms with Crippen LogP contribution in [0, 0.1) is 5.92 Å². The second-order valence-electron chi connectivity index (χ2n) is 13.0. The minimum Gasteiger partial charge on any atom is -0.345 e. The van der Waals surface area contributed by atoms with Gasteiger partial charge in [0, 0.05) is 30.9 Å². The summed E-state index contributed by atoms with van der Waals surface area (Å²) in [6.45, 7) is 6.19. The van der Waals surface area contributed by atoms with Crippen LogP contribution in [0.2, 0.25) is 0 Å². The van der Waals surface area contributed by atoms with E-state index >= 15 is 0 Å². The van der Waals surface area contributed by atoms with E-state index in [2.05, 4.69) is 31.2 Å². The van der Waals surface area contributed by atoms with Gasteiger partial charge in [0.1, 0.15) is 39.5 Å². The Morgan fingerprint density at radius 1 is 0.849 bits per heavy atom. The molecule has 53 heavy (non-hydrogen) atoms. The number of thiophene rings is 1. The van der Waals surface area contributed by atoms with E-state index in [-0.39, 0.29) is 36.9 Å². The number of fused-ring (bicyclic) bond motifs is 2. The van der Waals surface area contributed by atoms with E-state index in [0.29, 0.717) is 16.4 Å². The fraction of sp³-hybridized carbons (Fsp3) is 0.389. The Morgan fingerprint density at radius 2 is 1.60 bits per heavy atom. The molecule has 1 aliphatic rings. The fourth-order valence-corrected chi connectivity index (χ4v) is 8.00. The Labute approximate surface area is 319 Å². The second kappa shape index (κ2) is 17.7. The van der Waals surface area contributed by atoms with E-state index in [4.69, 9.17) is 0 Å². The largest absolute Gasteiger partial charge is 0.345 e. The summed E-state index contributed by atoms with van der Waals surface area (Å²) < 4.78 is 0. The third-order valence-corrected chi connectivity index (χ3v) is 11.4. The lowest BCUT2D eigenvalue weighted by atomic mass is 10.0. The highest BCUT2D eigenvalue weighted by atomic mass is 32.1. The summed E-state index contributed by atoms with van der Waals surface area (Å²) in [5.41, 5.74) is 1.13. The zero-order chi connectivity index (χ0) is 38.2. The topological polar surface area (TPSA) is 183 Å². The number of amides is 6. The summed E-state index contributed by atoms with van der Waals surface area (Å²) in [5, 5.41) is 17.2. The molecule has 6 amide bonds. The molecule has 0 fully saturated rings. The van der Waals surface area contributed by atoms with Crippen LogP contribution in [-0.4, -0.2) is 100 Å². The highest BCUT2D eigenvalue weighted by Crippen LogP contribution is 2.28. The molecule has 0 unspecified atom stereocenters. The molecular weight excluding hydrogens is 737 g/mol. The van der Waals surface area contributed by atoms with E-state index in [1.807, 2.05) is 47.8 Å². The van der Waals surface area contributed by atoms with Gasteiger partial charge >= 0.3 is 0 Å². The van der Waals surface area contributed by atoms with Gasteiger partial charge in [0.05, 0.1) is 17.5 Å². The van der Waals surface area contributed by atoms with Crippen molar-refractivity contribution in [2.75, 3.05) is 26.7 Å². The number of nitrogens with one attached hydrogen (secondary N) is 4. The van der Waals surface area contributed by atoms with Crippen molar-refractivity contribution in [3.8, 4) is 9.88 Å². The van der Waals surface area contributed by atoms with E-state index in [0.717, 1.165) is 10.4 Å². The lowest BCUT2D eigenvalue weighted by Crippen LogP contribution is -2.57. The molecule has 14 nitrogen and oxygen atoms in total. The minimum atomic E-state index is -1.02. The van der Waals surface area contributed by atoms with Gasteiger partial charge < -0.3 is 31.1 Å². The molecule has 1 aromatic carbocycles. The SMILES string of the molecule is CC(C)[C@@H]1NC(=O)[C@H](C)NC(=O)c2csc(n2)[C@H](Cc2ccccc2)NC(=O)CN(C(=O)c2csc(-c3cccs3)n2)CCN(C)C(=O)[C@@H](C)NC1=O. The van der Waals surface area contributed by atoms with Crippen molar-refractivity contribution in [2.24, 2.45) is 5.92 Å². The molecule has 4 aromatic rings. The number of likely N-dealkylation sites (N-methyl/N-ethyl adjacent to an activating group) is 1. The van der Waals surface area contributed by atoms with Crippen molar-refractivity contribution in [1.82, 2.24) is 41.0 Å². The summed E-state index contributed by atoms with van der Waals surface area (Å²) in [6.07, 6.45) is 0.344. The monoisotopic (exact) mass is 778 g/mol. The molecule has 0 aliphatic carbocycles. The Bertz CT molecular complexity index is 1930. The van der Waals surface area contributed by atoms with E-state index in [1.54, 1.807) is 31.7 Å². The van der Waals surface area contributed by atoms with E-state index < -0.39 is 59.6 Å². The van der Waals surface area contributed by atoms with Crippen molar-refractivity contribution in [3.63, 3.8) is 0 Å². The first-order chi connectivity index (χ1) is 25.3. The normalized spacial score (nSPS) is 21.4. The smallest absolute Gasteiger partial charge is 0.273 e. The summed E-state index contributed by atoms with van der Waals surface area (Å²) in [7, 11) is 1.54. The Hall–Kier alpha value is -5.00. The van der Waals surface area contributed by atoms with Crippen LogP contribution in [0.4, 0.5) is 0 Å². The quantitative estimate of drug-likeness (QED) is 0.239. The summed E-state index contributed by atoms with van der Waals surface area (Å²) in [5.74, 6) is -3.53. The second-order valence-corrected chi connectivity index (χ2v) is 15.7. The first-order valence-electron chi connectivity index (χ1n) is 17.0. The predicted octanol–water partition coefficient (Wildman–Crippen LogP) is 3.11. The van der Waals surface area contributed by atoms with Gasteiger partial charge in [0.15, 0.2) is 0 Å². The van der Waals surface area contributed by atoms with Crippen LogP contribution in [0.3, 0.4) is 0 Å². The maximum Gasteiger partial charge on any atom is 0.273 e. The van der Waals surface area contributed by atoms with Crippen LogP contribution in [0.25, 0.3) is 9.88 Å². The molecule has 4 atom stereocenters. The molecule has 17 heteroatoms. The molecule has 0 radical (unpaired) electrons. The van der Waals surface area contributed by atoms with Gasteiger partial charge in [0.2, 0.25) is 23.6 Å². The molecule has 1 aliphatic heterocycles. The summed E-state index contributed by atoms with van der Waals surface area (Å²) >= 11 is 3.99. The van der Waals surface area contributed by atoms with Crippen molar-refractivity contribution in [3.05, 3.63) is 80.6 Å². The number of carbonyl (C=O) groups excluding carboxylic acids is 6. The summed E-state index contributed by atoms with van der Waals surface area (Å²) in [4.78, 5) is 93.7. The fourth-order valence-electron chi connectivity index (χ4n) is 5.54. The molecule has 0 saturated carbocycles. The highest BCUT2D eigenvalue weighted by Gasteiger charge is 2.31. The number of rotatable bonds is 5. The van der Waals surface area contributed by atoms with Crippen molar-refractivity contribution >= 4 is 69.5 Å². The average Bonchev–Trinajstić information content (AvgIpc) is 3.94. The molecule has 4 N–H and O–H groups in total. The standard InChI is InChI=1S/C36H42N8O6S3/c1-20(2)29-32(48)38-22(4)35(49)43(5)13-14-44(36(50)26-19-53-34(41-26)27-12-9-15-51-27)17-28(45)39-24(16-23-10-7-6-8-11-23)33-40-25(18-52-33)31(47)37-21(3)30(46)42-29/h6-12,15,18-22,24,29H,13-14,16-17H2,1-5H3,(H,37,47)(H,38,48)(H,39,45)(H,42,46)/t21-,22+,24-,29-/m0/s1. The van der Waals surface area contributed by atoms with Gasteiger partial charge in [-0.15, -0.1) is 34.0 Å². The third kappa shape index (κ3) is 10.1. The Balaban J connectivity index is 1.47. The van der Waals surface area contributed by atoms with Crippen molar-refractivity contribution in [1.29, 1.82) is 0 Å². The lowest BCUT2D eigenvalue weighted by Gasteiger charge is -2.28. The number of benzene rings is 1. The van der Waals surface area contributed by atoms with Gasteiger partial charge in [-0.25, -0.2) is 9.97 Å². The van der Waals surface area contributed by atoms with Gasteiger partial charge in [-0.1, -0.05) is 50.2 Å². The molecular formula is C36H42N8O6S3. The number of carbonyl (C=O) groups is 6. The maximum atomic E-state index is 14.0. The summed E-state index contributed by atoms with van der Waals surface area (Å²) in [6, 6.07) is 9.60. The van der Waals surface area contributed by atoms with Crippen molar-refractivity contribution < 1.29 is 28.8 Å². The van der Waals surface area contributed by atoms with Crippen LogP contribution in [0.1, 0.15) is 65.3 Å². The molecule has 5 rings (SSSR count). The zero-order valence-electron chi connectivity index (χ0n) is 30.0. The van der Waals surface area contributed by atoms with E-state index in [9.17, 15) is 28.8 Å². The predicted molar refractivity (Wildman–Crippen MR) is 203 cm³/mol. The van der Waals surface area contributed by atoms with E-state index in [1.165, 1.54) is 57.7 Å². The van der Waals surface area contributed by atoms with Gasteiger partial charge in [-0.2, -0.15) is 0 Å². The maximum absolute atomic E-state index is 14.0. The number of hydrogen-bond acceptors (Lipinski definition) is 11. The van der Waals surface area contributed by atoms with Crippen molar-refractivity contribution in [2.45, 2.75) is 58.3 Å². The zero-order valence-corrected chi connectivity index (χ0v) is 32.4. The molecule has 0 spiro atoms. The number of hydrogen-bond donors (Lipinski definition) is 4. The highest BCUT2D eigenvalue weighted by molar-refractivity contribution is 7.20. The first kappa shape index (κ1) is 39.2. The van der Waals surface area contributed by atoms with Gasteiger partial charge in [-0.05, 0) is 43.2 Å². The lowest BCUT2D eigenvalue weighted by molar-refractivity contribution is -0.136. The number of thiazole rings is 2. The average molecular weight is 779 g/mol. The van der Waals surface area contributed by atoms with Gasteiger partial charge in [0.25, 0.3) is 11.8 Å². The first-order valence-corrected chi connectivity index (χ1v) is 19.7. The van der Waals surface area contributed by atoms with Crippen LogP contribution in [-0.2, 0) is 25.6 Å². The Kier molecular flexibility index (Phi) is 13.1. The number of aromatic nitrogens is 2. The molecule has 2 bridgehead atoms.